The van der Waals surface area contributed by atoms with E-state index in [0.29, 0.717) is 5.56 Å². The van der Waals surface area contributed by atoms with Crippen LogP contribution in [0.4, 0.5) is 4.39 Å². The lowest BCUT2D eigenvalue weighted by Crippen LogP contribution is -2.42. The summed E-state index contributed by atoms with van der Waals surface area (Å²) >= 11 is 0. The van der Waals surface area contributed by atoms with E-state index in [2.05, 4.69) is 0 Å². The van der Waals surface area contributed by atoms with Crippen LogP contribution in [0, 0.1) is 11.7 Å². The minimum atomic E-state index is -1.08. The van der Waals surface area contributed by atoms with Gasteiger partial charge in [0.05, 0.1) is 19.3 Å². The van der Waals surface area contributed by atoms with Crippen molar-refractivity contribution in [2.75, 3.05) is 20.8 Å². The van der Waals surface area contributed by atoms with E-state index >= 15 is 0 Å². The molecule has 0 bridgehead atoms. The van der Waals surface area contributed by atoms with Crippen molar-refractivity contribution in [3.63, 3.8) is 0 Å². The van der Waals surface area contributed by atoms with Gasteiger partial charge in [0.2, 0.25) is 0 Å². The Morgan fingerprint density at radius 2 is 2.00 bits per heavy atom. The Balaban J connectivity index is 3.01. The molecular formula is C14H21FO3. The Morgan fingerprint density at radius 1 is 1.33 bits per heavy atom. The van der Waals surface area contributed by atoms with E-state index < -0.39 is 11.4 Å². The van der Waals surface area contributed by atoms with E-state index in [-0.39, 0.29) is 24.7 Å². The molecule has 1 atom stereocenters. The highest BCUT2D eigenvalue weighted by atomic mass is 19.1. The molecule has 1 unspecified atom stereocenters. The third-order valence-corrected chi connectivity index (χ3v) is 3.23. The van der Waals surface area contributed by atoms with Crippen LogP contribution in [0.3, 0.4) is 0 Å². The fourth-order valence-electron chi connectivity index (χ4n) is 1.85. The van der Waals surface area contributed by atoms with Gasteiger partial charge in [0, 0.05) is 13.5 Å². The van der Waals surface area contributed by atoms with Crippen molar-refractivity contribution < 1.29 is 19.0 Å². The molecule has 102 valence electrons. The summed E-state index contributed by atoms with van der Waals surface area (Å²) in [5, 5.41) is 10.5. The van der Waals surface area contributed by atoms with Crippen molar-refractivity contribution in [3.8, 4) is 5.75 Å². The number of hydrogen-bond acceptors (Lipinski definition) is 3. The van der Waals surface area contributed by atoms with E-state index in [1.165, 1.54) is 14.2 Å². The fraction of sp³-hybridized carbons (Fsp3) is 0.571. The molecule has 0 amide bonds. The molecular weight excluding hydrogens is 235 g/mol. The van der Waals surface area contributed by atoms with Crippen LogP contribution in [0.5, 0.6) is 5.75 Å². The summed E-state index contributed by atoms with van der Waals surface area (Å²) in [5.74, 6) is -0.269. The number of benzene rings is 1. The molecule has 0 aliphatic heterocycles. The van der Waals surface area contributed by atoms with Crippen molar-refractivity contribution in [2.45, 2.75) is 25.9 Å². The predicted octanol–water partition coefficient (Wildman–Crippen LogP) is 2.41. The lowest BCUT2D eigenvalue weighted by Gasteiger charge is -2.31. The van der Waals surface area contributed by atoms with Gasteiger partial charge in [-0.3, -0.25) is 0 Å². The first kappa shape index (κ1) is 14.9. The highest BCUT2D eigenvalue weighted by molar-refractivity contribution is 5.32. The van der Waals surface area contributed by atoms with E-state index in [0.717, 1.165) is 0 Å². The van der Waals surface area contributed by atoms with Gasteiger partial charge in [-0.15, -0.1) is 0 Å². The van der Waals surface area contributed by atoms with Crippen LogP contribution in [0.2, 0.25) is 0 Å². The van der Waals surface area contributed by atoms with Crippen molar-refractivity contribution >= 4 is 0 Å². The summed E-state index contributed by atoms with van der Waals surface area (Å²) in [6.07, 6.45) is 0.196. The Kier molecular flexibility index (Phi) is 5.11. The lowest BCUT2D eigenvalue weighted by molar-refractivity contribution is -0.0642. The minimum Gasteiger partial charge on any atom is -0.494 e. The Hall–Kier alpha value is -1.13. The fourth-order valence-corrected chi connectivity index (χ4v) is 1.85. The summed E-state index contributed by atoms with van der Waals surface area (Å²) in [5.41, 5.74) is -0.648. The number of methoxy groups -OCH3 is 2. The molecule has 0 aliphatic rings. The first-order valence-corrected chi connectivity index (χ1v) is 5.97. The Labute approximate surface area is 108 Å². The van der Waals surface area contributed by atoms with E-state index in [1.807, 2.05) is 13.8 Å². The highest BCUT2D eigenvalue weighted by Crippen LogP contribution is 2.27. The van der Waals surface area contributed by atoms with Crippen molar-refractivity contribution in [2.24, 2.45) is 5.92 Å². The zero-order valence-corrected chi connectivity index (χ0v) is 11.4. The molecule has 18 heavy (non-hydrogen) atoms. The van der Waals surface area contributed by atoms with Crippen LogP contribution < -0.4 is 4.74 Å². The standard InChI is InChI=1S/C14H21FO3/c1-10(2)14(16,9-17-3)8-11-6-5-7-12(18-4)13(11)15/h5-7,10,16H,8-9H2,1-4H3. The second-order valence-corrected chi connectivity index (χ2v) is 4.80. The largest absolute Gasteiger partial charge is 0.494 e. The molecule has 0 radical (unpaired) electrons. The minimum absolute atomic E-state index is 0.0388. The smallest absolute Gasteiger partial charge is 0.168 e. The third kappa shape index (κ3) is 3.21. The van der Waals surface area contributed by atoms with Gasteiger partial charge in [0.1, 0.15) is 0 Å². The van der Waals surface area contributed by atoms with Crippen LogP contribution in [-0.4, -0.2) is 31.5 Å². The van der Waals surface area contributed by atoms with E-state index in [1.54, 1.807) is 18.2 Å². The monoisotopic (exact) mass is 256 g/mol. The van der Waals surface area contributed by atoms with Crippen LogP contribution in [0.25, 0.3) is 0 Å². The van der Waals surface area contributed by atoms with Crippen molar-refractivity contribution in [1.82, 2.24) is 0 Å². The summed E-state index contributed by atoms with van der Waals surface area (Å²) in [6.45, 7) is 3.94. The van der Waals surface area contributed by atoms with Crippen LogP contribution in [0.1, 0.15) is 19.4 Å². The zero-order chi connectivity index (χ0) is 13.8. The molecule has 0 heterocycles. The molecule has 0 aromatic heterocycles. The maximum atomic E-state index is 14.0. The Morgan fingerprint density at radius 3 is 2.50 bits per heavy atom. The van der Waals surface area contributed by atoms with Gasteiger partial charge in [0.15, 0.2) is 11.6 Å². The maximum Gasteiger partial charge on any atom is 0.168 e. The number of hydrogen-bond donors (Lipinski definition) is 1. The second kappa shape index (κ2) is 6.16. The van der Waals surface area contributed by atoms with Crippen LogP contribution >= 0.6 is 0 Å². The summed E-state index contributed by atoms with van der Waals surface area (Å²) in [4.78, 5) is 0. The molecule has 0 spiro atoms. The predicted molar refractivity (Wildman–Crippen MR) is 68.3 cm³/mol. The molecule has 1 aromatic carbocycles. The van der Waals surface area contributed by atoms with Gasteiger partial charge in [-0.1, -0.05) is 26.0 Å². The number of rotatable bonds is 6. The zero-order valence-electron chi connectivity index (χ0n) is 11.4. The molecule has 0 saturated heterocycles. The van der Waals surface area contributed by atoms with Gasteiger partial charge in [0.25, 0.3) is 0 Å². The normalized spacial score (nSPS) is 14.6. The molecule has 0 fully saturated rings. The first-order valence-electron chi connectivity index (χ1n) is 5.97. The van der Waals surface area contributed by atoms with Gasteiger partial charge in [-0.05, 0) is 17.5 Å². The summed E-state index contributed by atoms with van der Waals surface area (Å²) in [6, 6.07) is 4.93. The van der Waals surface area contributed by atoms with E-state index in [9.17, 15) is 9.50 Å². The molecule has 1 aromatic rings. The lowest BCUT2D eigenvalue weighted by atomic mass is 9.85. The van der Waals surface area contributed by atoms with Gasteiger partial charge >= 0.3 is 0 Å². The average Bonchev–Trinajstić information content (AvgIpc) is 2.32. The third-order valence-electron chi connectivity index (χ3n) is 3.23. The number of ether oxygens (including phenoxy) is 2. The van der Waals surface area contributed by atoms with Crippen LogP contribution in [0.15, 0.2) is 18.2 Å². The first-order chi connectivity index (χ1) is 8.44. The quantitative estimate of drug-likeness (QED) is 0.849. The number of halogens is 1. The molecule has 1 rings (SSSR count). The summed E-state index contributed by atoms with van der Waals surface area (Å²) in [7, 11) is 2.95. The van der Waals surface area contributed by atoms with Gasteiger partial charge < -0.3 is 14.6 Å². The second-order valence-electron chi connectivity index (χ2n) is 4.80. The highest BCUT2D eigenvalue weighted by Gasteiger charge is 2.32. The van der Waals surface area contributed by atoms with Gasteiger partial charge in [-0.25, -0.2) is 4.39 Å². The molecule has 1 N–H and O–H groups in total. The van der Waals surface area contributed by atoms with Crippen molar-refractivity contribution in [1.29, 1.82) is 0 Å². The van der Waals surface area contributed by atoms with Gasteiger partial charge in [-0.2, -0.15) is 0 Å². The molecule has 3 nitrogen and oxygen atoms in total. The summed E-state index contributed by atoms with van der Waals surface area (Å²) < 4.78 is 24.0. The maximum absolute atomic E-state index is 14.0. The molecule has 0 saturated carbocycles. The van der Waals surface area contributed by atoms with Crippen molar-refractivity contribution in [3.05, 3.63) is 29.6 Å². The number of aliphatic hydroxyl groups is 1. The average molecular weight is 256 g/mol. The Bertz CT molecular complexity index is 393. The molecule has 0 aliphatic carbocycles. The SMILES string of the molecule is COCC(O)(Cc1cccc(OC)c1F)C(C)C. The van der Waals surface area contributed by atoms with E-state index in [4.69, 9.17) is 9.47 Å². The van der Waals surface area contributed by atoms with Crippen LogP contribution in [-0.2, 0) is 11.2 Å². The topological polar surface area (TPSA) is 38.7 Å². The molecule has 4 heteroatoms.